The van der Waals surface area contributed by atoms with Crippen LogP contribution in [0.25, 0.3) is 10.9 Å². The Labute approximate surface area is 137 Å². The van der Waals surface area contributed by atoms with Crippen molar-refractivity contribution in [1.29, 1.82) is 0 Å². The molecule has 0 unspecified atom stereocenters. The number of nitrogens with zero attached hydrogens (tertiary/aromatic N) is 1. The molecule has 0 aliphatic rings. The van der Waals surface area contributed by atoms with Crippen LogP contribution in [-0.4, -0.2) is 20.7 Å². The summed E-state index contributed by atoms with van der Waals surface area (Å²) in [7, 11) is 1.67. The molecule has 4 N–H and O–H groups in total. The molecule has 1 atom stereocenters. The predicted octanol–water partition coefficient (Wildman–Crippen LogP) is 0.871. The minimum absolute atomic E-state index is 0.116. The number of H-pyrrole nitrogens is 2. The second kappa shape index (κ2) is 5.84. The standard InChI is InChI=1S/C17H18N4O3/c1-9-15(16(23)20-19-9)11(8-14(18)22)12-7-10-5-3-4-6-13(10)21(2)17(12)24/h3-7,11H,8H2,1-2H3,(H2,18,22)(H2,19,20,23)/t11-/m1/s1. The molecular weight excluding hydrogens is 308 g/mol. The van der Waals surface area contributed by atoms with E-state index in [2.05, 4.69) is 10.2 Å². The van der Waals surface area contributed by atoms with Gasteiger partial charge in [-0.1, -0.05) is 18.2 Å². The summed E-state index contributed by atoms with van der Waals surface area (Å²) >= 11 is 0. The van der Waals surface area contributed by atoms with Gasteiger partial charge in [-0.15, -0.1) is 0 Å². The molecule has 7 nitrogen and oxygen atoms in total. The molecule has 3 aromatic rings. The summed E-state index contributed by atoms with van der Waals surface area (Å²) in [6.07, 6.45) is -0.116. The van der Waals surface area contributed by atoms with Crippen LogP contribution < -0.4 is 16.9 Å². The maximum atomic E-state index is 12.8. The van der Waals surface area contributed by atoms with Crippen LogP contribution in [0.3, 0.4) is 0 Å². The molecule has 1 amide bonds. The zero-order chi connectivity index (χ0) is 17.4. The van der Waals surface area contributed by atoms with Crippen molar-refractivity contribution in [1.82, 2.24) is 14.8 Å². The number of fused-ring (bicyclic) bond motifs is 1. The highest BCUT2D eigenvalue weighted by molar-refractivity contribution is 5.80. The molecular formula is C17H18N4O3. The summed E-state index contributed by atoms with van der Waals surface area (Å²) in [5.41, 5.74) is 6.87. The Morgan fingerprint density at radius 2 is 1.96 bits per heavy atom. The smallest absolute Gasteiger partial charge is 0.267 e. The lowest BCUT2D eigenvalue weighted by Gasteiger charge is -2.16. The number of aromatic amines is 2. The summed E-state index contributed by atoms with van der Waals surface area (Å²) in [5, 5.41) is 6.08. The number of nitrogens with two attached hydrogens (primary N) is 1. The van der Waals surface area contributed by atoms with Crippen LogP contribution in [0.15, 0.2) is 39.9 Å². The average Bonchev–Trinajstić information content (AvgIpc) is 2.87. The maximum absolute atomic E-state index is 12.8. The van der Waals surface area contributed by atoms with E-state index in [0.29, 0.717) is 16.8 Å². The summed E-state index contributed by atoms with van der Waals surface area (Å²) < 4.78 is 1.52. The van der Waals surface area contributed by atoms with Crippen LogP contribution in [0.2, 0.25) is 0 Å². The highest BCUT2D eigenvalue weighted by Gasteiger charge is 2.26. The molecule has 2 aromatic heterocycles. The number of amides is 1. The van der Waals surface area contributed by atoms with Gasteiger partial charge >= 0.3 is 0 Å². The molecule has 0 aliphatic heterocycles. The number of aromatic nitrogens is 3. The second-order valence-electron chi connectivity index (χ2n) is 5.86. The molecule has 0 radical (unpaired) electrons. The normalized spacial score (nSPS) is 12.4. The number of hydrogen-bond donors (Lipinski definition) is 3. The van der Waals surface area contributed by atoms with Crippen LogP contribution in [0.5, 0.6) is 0 Å². The Hall–Kier alpha value is -3.09. The van der Waals surface area contributed by atoms with Gasteiger partial charge in [-0.25, -0.2) is 0 Å². The Bertz CT molecular complexity index is 1040. The Morgan fingerprint density at radius 1 is 1.25 bits per heavy atom. The van der Waals surface area contributed by atoms with E-state index in [0.717, 1.165) is 10.9 Å². The zero-order valence-electron chi connectivity index (χ0n) is 13.4. The topological polar surface area (TPSA) is 114 Å². The van der Waals surface area contributed by atoms with E-state index in [9.17, 15) is 14.4 Å². The fraction of sp³-hybridized carbons (Fsp3) is 0.235. The minimum Gasteiger partial charge on any atom is -0.370 e. The number of carbonyl (C=O) groups is 1. The largest absolute Gasteiger partial charge is 0.370 e. The van der Waals surface area contributed by atoms with E-state index >= 15 is 0 Å². The van der Waals surface area contributed by atoms with Crippen molar-refractivity contribution >= 4 is 16.8 Å². The van der Waals surface area contributed by atoms with Crippen LogP contribution in [0.4, 0.5) is 0 Å². The van der Waals surface area contributed by atoms with Gasteiger partial charge in [0.1, 0.15) is 0 Å². The number of benzene rings is 1. The van der Waals surface area contributed by atoms with Gasteiger partial charge in [0.05, 0.1) is 5.52 Å². The van der Waals surface area contributed by atoms with E-state index < -0.39 is 11.8 Å². The monoisotopic (exact) mass is 326 g/mol. The van der Waals surface area contributed by atoms with E-state index in [4.69, 9.17) is 5.73 Å². The van der Waals surface area contributed by atoms with Crippen molar-refractivity contribution in [2.75, 3.05) is 0 Å². The third-order valence-electron chi connectivity index (χ3n) is 4.30. The van der Waals surface area contributed by atoms with Gasteiger partial charge < -0.3 is 15.4 Å². The fourth-order valence-corrected chi connectivity index (χ4v) is 3.14. The molecule has 0 saturated heterocycles. The van der Waals surface area contributed by atoms with Gasteiger partial charge in [0.15, 0.2) is 0 Å². The Kier molecular flexibility index (Phi) is 3.84. The molecule has 7 heteroatoms. The minimum atomic E-state index is -0.694. The molecule has 1 aromatic carbocycles. The number of para-hydroxylation sites is 1. The van der Waals surface area contributed by atoms with Gasteiger partial charge in [0.25, 0.3) is 11.1 Å². The van der Waals surface area contributed by atoms with Crippen LogP contribution in [-0.2, 0) is 11.8 Å². The van der Waals surface area contributed by atoms with Crippen LogP contribution in [0.1, 0.15) is 29.2 Å². The number of aryl methyl sites for hydroxylation is 2. The fourth-order valence-electron chi connectivity index (χ4n) is 3.14. The van der Waals surface area contributed by atoms with Gasteiger partial charge in [-0.05, 0) is 24.4 Å². The number of hydrogen-bond acceptors (Lipinski definition) is 3. The first-order valence-corrected chi connectivity index (χ1v) is 7.54. The SMILES string of the molecule is Cc1[nH][nH]c(=O)c1[C@H](CC(N)=O)c1cc2ccccc2n(C)c1=O. The molecule has 0 spiro atoms. The summed E-state index contributed by atoms with van der Waals surface area (Å²) in [6.45, 7) is 1.72. The lowest BCUT2D eigenvalue weighted by Crippen LogP contribution is -2.28. The number of primary amides is 1. The van der Waals surface area contributed by atoms with Gasteiger partial charge in [0, 0.05) is 36.2 Å². The number of rotatable bonds is 4. The molecule has 0 bridgehead atoms. The molecule has 3 rings (SSSR count). The van der Waals surface area contributed by atoms with Crippen molar-refractivity contribution in [2.24, 2.45) is 12.8 Å². The number of carbonyl (C=O) groups excluding carboxylic acids is 1. The molecule has 0 aliphatic carbocycles. The summed E-state index contributed by atoms with van der Waals surface area (Å²) in [6, 6.07) is 9.18. The van der Waals surface area contributed by atoms with Crippen LogP contribution in [0, 0.1) is 6.92 Å². The third kappa shape index (κ3) is 2.54. The lowest BCUT2D eigenvalue weighted by molar-refractivity contribution is -0.118. The highest BCUT2D eigenvalue weighted by atomic mass is 16.1. The average molecular weight is 326 g/mol. The van der Waals surface area contributed by atoms with Crippen molar-refractivity contribution in [3.63, 3.8) is 0 Å². The molecule has 0 saturated carbocycles. The first-order chi connectivity index (χ1) is 11.4. The van der Waals surface area contributed by atoms with Crippen molar-refractivity contribution < 1.29 is 4.79 Å². The first-order valence-electron chi connectivity index (χ1n) is 7.54. The van der Waals surface area contributed by atoms with Crippen LogP contribution >= 0.6 is 0 Å². The highest BCUT2D eigenvalue weighted by Crippen LogP contribution is 2.27. The second-order valence-corrected chi connectivity index (χ2v) is 5.86. The third-order valence-corrected chi connectivity index (χ3v) is 4.30. The maximum Gasteiger partial charge on any atom is 0.267 e. The van der Waals surface area contributed by atoms with Crippen molar-refractivity contribution in [2.45, 2.75) is 19.3 Å². The van der Waals surface area contributed by atoms with E-state index in [-0.39, 0.29) is 17.5 Å². The quantitative estimate of drug-likeness (QED) is 0.661. The Balaban J connectivity index is 2.31. The molecule has 2 heterocycles. The van der Waals surface area contributed by atoms with Gasteiger partial charge in [-0.3, -0.25) is 19.5 Å². The lowest BCUT2D eigenvalue weighted by atomic mass is 9.88. The molecule has 24 heavy (non-hydrogen) atoms. The Morgan fingerprint density at radius 3 is 2.58 bits per heavy atom. The summed E-state index contributed by atoms with van der Waals surface area (Å²) in [4.78, 5) is 36.5. The van der Waals surface area contributed by atoms with Gasteiger partial charge in [-0.2, -0.15) is 0 Å². The summed E-state index contributed by atoms with van der Waals surface area (Å²) in [5.74, 6) is -1.27. The van der Waals surface area contributed by atoms with E-state index in [1.807, 2.05) is 24.3 Å². The molecule has 124 valence electrons. The molecule has 0 fully saturated rings. The first kappa shape index (κ1) is 15.8. The number of nitrogens with one attached hydrogen (secondary N) is 2. The van der Waals surface area contributed by atoms with E-state index in [1.165, 1.54) is 4.57 Å². The predicted molar refractivity (Wildman–Crippen MR) is 91.0 cm³/mol. The van der Waals surface area contributed by atoms with Crippen molar-refractivity contribution in [3.05, 3.63) is 67.9 Å². The number of pyridine rings is 1. The van der Waals surface area contributed by atoms with E-state index in [1.54, 1.807) is 20.0 Å². The van der Waals surface area contributed by atoms with Crippen molar-refractivity contribution in [3.8, 4) is 0 Å². The van der Waals surface area contributed by atoms with Gasteiger partial charge in [0.2, 0.25) is 5.91 Å². The zero-order valence-corrected chi connectivity index (χ0v) is 13.4.